The molecule has 0 radical (unpaired) electrons. The predicted molar refractivity (Wildman–Crippen MR) is 110 cm³/mol. The topological polar surface area (TPSA) is 108 Å². The van der Waals surface area contributed by atoms with Crippen LogP contribution in [0.25, 0.3) is 0 Å². The van der Waals surface area contributed by atoms with E-state index in [-0.39, 0.29) is 11.3 Å². The summed E-state index contributed by atoms with van der Waals surface area (Å²) < 4.78 is 56.4. The Bertz CT molecular complexity index is 1050. The summed E-state index contributed by atoms with van der Waals surface area (Å²) in [4.78, 5) is 24.4. The molecule has 2 rings (SSSR count). The molecule has 0 fully saturated rings. The van der Waals surface area contributed by atoms with Crippen LogP contribution < -0.4 is 14.2 Å². The second-order valence-corrected chi connectivity index (χ2v) is 8.55. The summed E-state index contributed by atoms with van der Waals surface area (Å²) in [6.07, 6.45) is 0. The minimum atomic E-state index is -4.33. The number of sulfonamides is 1. The van der Waals surface area contributed by atoms with Crippen molar-refractivity contribution in [1.29, 1.82) is 0 Å². The third kappa shape index (κ3) is 6.02. The predicted octanol–water partition coefficient (Wildman–Crippen LogP) is 2.57. The Kier molecular flexibility index (Phi) is 8.12. The number of halogens is 1. The highest BCUT2D eigenvalue weighted by atomic mass is 32.2. The lowest BCUT2D eigenvalue weighted by atomic mass is 10.1. The van der Waals surface area contributed by atoms with E-state index in [0.717, 1.165) is 12.1 Å². The van der Waals surface area contributed by atoms with Crippen LogP contribution in [0, 0.1) is 11.7 Å². The molecule has 0 saturated carbocycles. The highest BCUT2D eigenvalue weighted by molar-refractivity contribution is 7.89. The first kappa shape index (κ1) is 24.3. The molecule has 1 atom stereocenters. The second-order valence-electron chi connectivity index (χ2n) is 6.87. The fraction of sp³-hybridized carbons (Fsp3) is 0.333. The van der Waals surface area contributed by atoms with Crippen LogP contribution in [0.1, 0.15) is 24.2 Å². The lowest BCUT2D eigenvalue weighted by Crippen LogP contribution is -2.45. The number of methoxy groups -OCH3 is 2. The normalized spacial score (nSPS) is 12.3. The summed E-state index contributed by atoms with van der Waals surface area (Å²) in [6, 6.07) is 8.00. The number of ether oxygens (including phenoxy) is 3. The number of hydrogen-bond acceptors (Lipinski definition) is 7. The van der Waals surface area contributed by atoms with Gasteiger partial charge in [0.05, 0.1) is 19.8 Å². The van der Waals surface area contributed by atoms with Gasteiger partial charge >= 0.3 is 5.97 Å². The van der Waals surface area contributed by atoms with Crippen LogP contribution in [0.15, 0.2) is 47.4 Å². The van der Waals surface area contributed by atoms with Crippen molar-refractivity contribution in [2.45, 2.75) is 24.8 Å². The zero-order chi connectivity index (χ0) is 23.2. The Morgan fingerprint density at radius 1 is 1.06 bits per heavy atom. The molecule has 1 N–H and O–H groups in total. The molecule has 0 amide bonds. The molecule has 0 saturated heterocycles. The molecule has 0 aliphatic carbocycles. The van der Waals surface area contributed by atoms with Gasteiger partial charge < -0.3 is 14.2 Å². The Hall–Kier alpha value is -2.98. The Morgan fingerprint density at radius 2 is 1.74 bits per heavy atom. The van der Waals surface area contributed by atoms with E-state index >= 15 is 0 Å². The molecule has 168 valence electrons. The average Bonchev–Trinajstić information content (AvgIpc) is 2.75. The Balaban J connectivity index is 2.13. The summed E-state index contributed by atoms with van der Waals surface area (Å²) >= 11 is 0. The molecule has 0 heterocycles. The molecule has 0 spiro atoms. The summed E-state index contributed by atoms with van der Waals surface area (Å²) in [5.74, 6) is -2.27. The molecule has 10 heteroatoms. The quantitative estimate of drug-likeness (QED) is 0.435. The number of benzene rings is 2. The number of rotatable bonds is 10. The van der Waals surface area contributed by atoms with Crippen LogP contribution in [-0.4, -0.2) is 47.0 Å². The van der Waals surface area contributed by atoms with Crippen LogP contribution in [-0.2, 0) is 19.6 Å². The number of carbonyl (C=O) groups is 2. The van der Waals surface area contributed by atoms with E-state index in [2.05, 4.69) is 4.72 Å². The second kappa shape index (κ2) is 10.4. The molecule has 0 unspecified atom stereocenters. The molecular weight excluding hydrogens is 429 g/mol. The van der Waals surface area contributed by atoms with E-state index < -0.39 is 51.1 Å². The zero-order valence-corrected chi connectivity index (χ0v) is 18.4. The van der Waals surface area contributed by atoms with E-state index in [4.69, 9.17) is 14.2 Å². The van der Waals surface area contributed by atoms with Gasteiger partial charge in [-0.25, -0.2) is 12.8 Å². The van der Waals surface area contributed by atoms with Crippen molar-refractivity contribution in [3.8, 4) is 11.5 Å². The number of carbonyl (C=O) groups excluding carboxylic acids is 2. The SMILES string of the molecule is COc1ccc(C(=O)COC(=O)[C@@H](NS(=O)(=O)c2ccccc2F)C(C)C)c(OC)c1. The summed E-state index contributed by atoms with van der Waals surface area (Å²) in [7, 11) is -1.49. The summed E-state index contributed by atoms with van der Waals surface area (Å²) in [6.45, 7) is 2.54. The summed E-state index contributed by atoms with van der Waals surface area (Å²) in [5, 5.41) is 0. The van der Waals surface area contributed by atoms with Gasteiger partial charge in [-0.2, -0.15) is 4.72 Å². The molecule has 0 aliphatic rings. The molecule has 2 aromatic carbocycles. The van der Waals surface area contributed by atoms with Crippen molar-refractivity contribution >= 4 is 21.8 Å². The Labute approximate surface area is 180 Å². The van der Waals surface area contributed by atoms with E-state index in [1.54, 1.807) is 19.9 Å². The van der Waals surface area contributed by atoms with E-state index in [1.165, 1.54) is 38.5 Å². The van der Waals surface area contributed by atoms with Crippen molar-refractivity contribution < 1.29 is 36.6 Å². The van der Waals surface area contributed by atoms with Gasteiger partial charge in [0.1, 0.15) is 28.3 Å². The van der Waals surface area contributed by atoms with Crippen molar-refractivity contribution in [3.05, 3.63) is 53.8 Å². The highest BCUT2D eigenvalue weighted by Gasteiger charge is 2.31. The van der Waals surface area contributed by atoms with Gasteiger partial charge in [-0.3, -0.25) is 9.59 Å². The molecule has 0 bridgehead atoms. The average molecular weight is 453 g/mol. The zero-order valence-electron chi connectivity index (χ0n) is 17.5. The number of hydrogen-bond donors (Lipinski definition) is 1. The maximum absolute atomic E-state index is 13.9. The number of esters is 1. The maximum atomic E-state index is 13.9. The molecule has 0 aromatic heterocycles. The van der Waals surface area contributed by atoms with Crippen LogP contribution in [0.5, 0.6) is 11.5 Å². The third-order valence-electron chi connectivity index (χ3n) is 4.38. The fourth-order valence-electron chi connectivity index (χ4n) is 2.68. The summed E-state index contributed by atoms with van der Waals surface area (Å²) in [5.41, 5.74) is 0.170. The van der Waals surface area contributed by atoms with Crippen molar-refractivity contribution in [2.24, 2.45) is 5.92 Å². The van der Waals surface area contributed by atoms with Gasteiger partial charge in [0.25, 0.3) is 0 Å². The third-order valence-corrected chi connectivity index (χ3v) is 5.86. The monoisotopic (exact) mass is 453 g/mol. The molecule has 2 aromatic rings. The van der Waals surface area contributed by atoms with Crippen molar-refractivity contribution in [3.63, 3.8) is 0 Å². The molecule has 0 aliphatic heterocycles. The first-order chi connectivity index (χ1) is 14.6. The van der Waals surface area contributed by atoms with Crippen molar-refractivity contribution in [1.82, 2.24) is 4.72 Å². The van der Waals surface area contributed by atoms with Crippen LogP contribution in [0.4, 0.5) is 4.39 Å². The van der Waals surface area contributed by atoms with Crippen LogP contribution in [0.2, 0.25) is 0 Å². The highest BCUT2D eigenvalue weighted by Crippen LogP contribution is 2.25. The van der Waals surface area contributed by atoms with Gasteiger partial charge in [-0.1, -0.05) is 26.0 Å². The molecule has 31 heavy (non-hydrogen) atoms. The van der Waals surface area contributed by atoms with Gasteiger partial charge in [0, 0.05) is 6.07 Å². The molecular formula is C21H24FNO7S. The minimum absolute atomic E-state index is 0.170. The van der Waals surface area contributed by atoms with E-state index in [0.29, 0.717) is 5.75 Å². The standard InChI is InChI=1S/C21H24FNO7S/c1-13(2)20(23-31(26,27)19-8-6-5-7-16(19)22)21(25)30-12-17(24)15-10-9-14(28-3)11-18(15)29-4/h5-11,13,20,23H,12H2,1-4H3/t20-/m0/s1. The lowest BCUT2D eigenvalue weighted by molar-refractivity contribution is -0.145. The Morgan fingerprint density at radius 3 is 2.32 bits per heavy atom. The smallest absolute Gasteiger partial charge is 0.324 e. The van der Waals surface area contributed by atoms with Crippen LogP contribution >= 0.6 is 0 Å². The first-order valence-corrected chi connectivity index (χ1v) is 10.8. The van der Waals surface area contributed by atoms with Crippen molar-refractivity contribution in [2.75, 3.05) is 20.8 Å². The molecule has 8 nitrogen and oxygen atoms in total. The number of ketones is 1. The minimum Gasteiger partial charge on any atom is -0.497 e. The van der Waals surface area contributed by atoms with E-state index in [9.17, 15) is 22.4 Å². The van der Waals surface area contributed by atoms with Gasteiger partial charge in [-0.15, -0.1) is 0 Å². The first-order valence-electron chi connectivity index (χ1n) is 9.29. The van der Waals surface area contributed by atoms with Gasteiger partial charge in [0.2, 0.25) is 15.8 Å². The van der Waals surface area contributed by atoms with Gasteiger partial charge in [-0.05, 0) is 30.2 Å². The van der Waals surface area contributed by atoms with Crippen LogP contribution in [0.3, 0.4) is 0 Å². The maximum Gasteiger partial charge on any atom is 0.324 e. The number of Topliss-reactive ketones (excluding diaryl/α,β-unsaturated/α-hetero) is 1. The number of nitrogens with one attached hydrogen (secondary N) is 1. The largest absolute Gasteiger partial charge is 0.497 e. The fourth-order valence-corrected chi connectivity index (χ4v) is 4.09. The van der Waals surface area contributed by atoms with Gasteiger partial charge in [0.15, 0.2) is 6.61 Å². The van der Waals surface area contributed by atoms with E-state index in [1.807, 2.05) is 0 Å². The lowest BCUT2D eigenvalue weighted by Gasteiger charge is -2.21.